The van der Waals surface area contributed by atoms with Crippen molar-refractivity contribution in [2.24, 2.45) is 0 Å². The topological polar surface area (TPSA) is 97.4 Å². The standard InChI is InChI=1S/C24H25NO6S2/c1-16-3-12-21(15-22(16)23-24(26)31-23)33(27,28)25-13-14-32-20-10-8-19(9-11-20)30-18-6-4-17(29-2)5-7-18/h3-12,15,23-26H,13-14H2,1-2H3. The molecular weight excluding hydrogens is 462 g/mol. The number of nitrogens with one attached hydrogen (secondary N) is 1. The molecule has 3 aromatic rings. The fourth-order valence-corrected chi connectivity index (χ4v) is 5.20. The Bertz CT molecular complexity index is 1200. The average Bonchev–Trinajstić information content (AvgIpc) is 3.54. The Morgan fingerprint density at radius 3 is 2.21 bits per heavy atom. The molecule has 0 aromatic heterocycles. The van der Waals surface area contributed by atoms with Crippen LogP contribution in [0.3, 0.4) is 0 Å². The van der Waals surface area contributed by atoms with Gasteiger partial charge in [0.25, 0.3) is 0 Å². The lowest BCUT2D eigenvalue weighted by Gasteiger charge is -2.10. The van der Waals surface area contributed by atoms with Gasteiger partial charge >= 0.3 is 0 Å². The minimum atomic E-state index is -3.65. The second-order valence-corrected chi connectivity index (χ2v) is 10.4. The summed E-state index contributed by atoms with van der Waals surface area (Å²) in [6.07, 6.45) is -1.31. The van der Waals surface area contributed by atoms with E-state index in [0.29, 0.717) is 22.8 Å². The number of rotatable bonds is 10. The Morgan fingerprint density at radius 1 is 1.00 bits per heavy atom. The third kappa shape index (κ3) is 6.07. The number of aliphatic hydroxyl groups is 1. The van der Waals surface area contributed by atoms with E-state index in [1.165, 1.54) is 0 Å². The van der Waals surface area contributed by atoms with Crippen molar-refractivity contribution in [2.45, 2.75) is 29.1 Å². The molecule has 2 atom stereocenters. The molecule has 0 amide bonds. The van der Waals surface area contributed by atoms with Crippen molar-refractivity contribution in [3.63, 3.8) is 0 Å². The van der Waals surface area contributed by atoms with Crippen molar-refractivity contribution in [3.05, 3.63) is 77.9 Å². The van der Waals surface area contributed by atoms with Crippen LogP contribution in [0.15, 0.2) is 76.5 Å². The minimum absolute atomic E-state index is 0.163. The molecule has 1 fully saturated rings. The minimum Gasteiger partial charge on any atom is -0.497 e. The van der Waals surface area contributed by atoms with Crippen LogP contribution in [0.1, 0.15) is 17.2 Å². The molecule has 1 heterocycles. The summed E-state index contributed by atoms with van der Waals surface area (Å²) < 4.78 is 43.9. The number of aliphatic hydroxyl groups excluding tert-OH is 1. The highest BCUT2D eigenvalue weighted by atomic mass is 32.2. The van der Waals surface area contributed by atoms with Crippen LogP contribution in [0.25, 0.3) is 0 Å². The van der Waals surface area contributed by atoms with Gasteiger partial charge in [0.05, 0.1) is 12.0 Å². The predicted molar refractivity (Wildman–Crippen MR) is 126 cm³/mol. The van der Waals surface area contributed by atoms with Crippen molar-refractivity contribution in [3.8, 4) is 17.2 Å². The third-order valence-corrected chi connectivity index (χ3v) is 7.59. The van der Waals surface area contributed by atoms with Crippen LogP contribution in [-0.2, 0) is 14.8 Å². The van der Waals surface area contributed by atoms with E-state index in [1.54, 1.807) is 37.1 Å². The average molecular weight is 488 g/mol. The smallest absolute Gasteiger partial charge is 0.240 e. The predicted octanol–water partition coefficient (Wildman–Crippen LogP) is 4.26. The molecule has 3 aromatic carbocycles. The highest BCUT2D eigenvalue weighted by molar-refractivity contribution is 7.99. The summed E-state index contributed by atoms with van der Waals surface area (Å²) >= 11 is 1.54. The zero-order chi connectivity index (χ0) is 23.4. The lowest BCUT2D eigenvalue weighted by Crippen LogP contribution is -2.26. The molecular formula is C24H25NO6S2. The molecule has 0 spiro atoms. The van der Waals surface area contributed by atoms with E-state index in [-0.39, 0.29) is 11.4 Å². The summed E-state index contributed by atoms with van der Waals surface area (Å²) in [5.74, 6) is 2.77. The SMILES string of the molecule is COc1ccc(Oc2ccc(SCCNS(=O)(=O)c3ccc(C)c(C4OC4O)c3)cc2)cc1. The second-order valence-electron chi connectivity index (χ2n) is 7.46. The molecule has 0 radical (unpaired) electrons. The van der Waals surface area contributed by atoms with Gasteiger partial charge in [0, 0.05) is 17.2 Å². The Hall–Kier alpha value is -2.56. The number of sulfonamides is 1. The van der Waals surface area contributed by atoms with Gasteiger partial charge in [-0.15, -0.1) is 11.8 Å². The van der Waals surface area contributed by atoms with E-state index in [1.807, 2.05) is 55.5 Å². The van der Waals surface area contributed by atoms with E-state index in [2.05, 4.69) is 4.72 Å². The maximum Gasteiger partial charge on any atom is 0.240 e. The van der Waals surface area contributed by atoms with Crippen LogP contribution in [-0.4, -0.2) is 39.2 Å². The molecule has 1 saturated heterocycles. The largest absolute Gasteiger partial charge is 0.497 e. The highest BCUT2D eigenvalue weighted by Crippen LogP contribution is 2.39. The quantitative estimate of drug-likeness (QED) is 0.251. The van der Waals surface area contributed by atoms with Crippen LogP contribution < -0.4 is 14.2 Å². The molecule has 9 heteroatoms. The number of epoxide rings is 1. The van der Waals surface area contributed by atoms with Crippen molar-refractivity contribution < 1.29 is 27.7 Å². The van der Waals surface area contributed by atoms with E-state index in [9.17, 15) is 13.5 Å². The first kappa shape index (κ1) is 23.6. The zero-order valence-electron chi connectivity index (χ0n) is 18.2. The van der Waals surface area contributed by atoms with Crippen LogP contribution >= 0.6 is 11.8 Å². The van der Waals surface area contributed by atoms with Crippen molar-refractivity contribution in [1.82, 2.24) is 4.72 Å². The van der Waals surface area contributed by atoms with Crippen LogP contribution in [0.2, 0.25) is 0 Å². The molecule has 0 saturated carbocycles. The lowest BCUT2D eigenvalue weighted by atomic mass is 10.1. The van der Waals surface area contributed by atoms with E-state index in [0.717, 1.165) is 16.2 Å². The molecule has 174 valence electrons. The summed E-state index contributed by atoms with van der Waals surface area (Å²) in [6.45, 7) is 2.14. The number of aryl methyl sites for hydroxylation is 1. The molecule has 4 rings (SSSR count). The van der Waals surface area contributed by atoms with Crippen molar-refractivity contribution >= 4 is 21.8 Å². The summed E-state index contributed by atoms with van der Waals surface area (Å²) in [7, 11) is -2.04. The van der Waals surface area contributed by atoms with E-state index < -0.39 is 22.4 Å². The Kier molecular flexibility index (Phi) is 7.26. The number of methoxy groups -OCH3 is 1. The van der Waals surface area contributed by atoms with Gasteiger partial charge in [0.1, 0.15) is 23.4 Å². The fraction of sp³-hybridized carbons (Fsp3) is 0.250. The fourth-order valence-electron chi connectivity index (χ4n) is 3.24. The van der Waals surface area contributed by atoms with Crippen LogP contribution in [0, 0.1) is 6.92 Å². The summed E-state index contributed by atoms with van der Waals surface area (Å²) in [4.78, 5) is 1.17. The first-order chi connectivity index (χ1) is 15.9. The van der Waals surface area contributed by atoms with Gasteiger partial charge < -0.3 is 19.3 Å². The Balaban J connectivity index is 1.27. The van der Waals surface area contributed by atoms with Crippen molar-refractivity contribution in [2.75, 3.05) is 19.4 Å². The maximum absolute atomic E-state index is 12.6. The molecule has 2 unspecified atom stereocenters. The molecule has 0 bridgehead atoms. The molecule has 0 aliphatic carbocycles. The van der Waals surface area contributed by atoms with E-state index in [4.69, 9.17) is 14.2 Å². The molecule has 7 nitrogen and oxygen atoms in total. The third-order valence-electron chi connectivity index (χ3n) is 5.12. The molecule has 1 aliphatic rings. The molecule has 1 aliphatic heterocycles. The van der Waals surface area contributed by atoms with Gasteiger partial charge in [-0.2, -0.15) is 0 Å². The highest BCUT2D eigenvalue weighted by Gasteiger charge is 2.39. The number of benzene rings is 3. The van der Waals surface area contributed by atoms with Gasteiger partial charge in [0.15, 0.2) is 6.29 Å². The normalized spacial score (nSPS) is 17.5. The summed E-state index contributed by atoms with van der Waals surface area (Å²) in [5, 5.41) is 9.49. The van der Waals surface area contributed by atoms with Crippen LogP contribution in [0.5, 0.6) is 17.2 Å². The molecule has 2 N–H and O–H groups in total. The lowest BCUT2D eigenvalue weighted by molar-refractivity contribution is 0.156. The van der Waals surface area contributed by atoms with Gasteiger partial charge in [-0.1, -0.05) is 6.07 Å². The van der Waals surface area contributed by atoms with E-state index >= 15 is 0 Å². The number of thioether (sulfide) groups is 1. The number of ether oxygens (including phenoxy) is 3. The molecule has 33 heavy (non-hydrogen) atoms. The second kappa shape index (κ2) is 10.1. The summed E-state index contributed by atoms with van der Waals surface area (Å²) in [6, 6.07) is 19.8. The zero-order valence-corrected chi connectivity index (χ0v) is 19.9. The Morgan fingerprint density at radius 2 is 1.61 bits per heavy atom. The van der Waals surface area contributed by atoms with Gasteiger partial charge in [-0.3, -0.25) is 0 Å². The Labute approximate surface area is 197 Å². The van der Waals surface area contributed by atoms with Gasteiger partial charge in [0.2, 0.25) is 10.0 Å². The van der Waals surface area contributed by atoms with Gasteiger partial charge in [-0.05, 0) is 78.7 Å². The monoisotopic (exact) mass is 487 g/mol. The summed E-state index contributed by atoms with van der Waals surface area (Å²) in [5.41, 5.74) is 1.57. The van der Waals surface area contributed by atoms with Gasteiger partial charge in [-0.25, -0.2) is 13.1 Å². The van der Waals surface area contributed by atoms with Crippen LogP contribution in [0.4, 0.5) is 0 Å². The number of hydrogen-bond acceptors (Lipinski definition) is 7. The maximum atomic E-state index is 12.6. The number of hydrogen-bond donors (Lipinski definition) is 2. The first-order valence-corrected chi connectivity index (χ1v) is 12.8. The van der Waals surface area contributed by atoms with Crippen molar-refractivity contribution in [1.29, 1.82) is 0 Å². The first-order valence-electron chi connectivity index (χ1n) is 10.3.